The molecule has 1 aromatic carbocycles. The number of hydrogen-bond donors (Lipinski definition) is 1. The summed E-state index contributed by atoms with van der Waals surface area (Å²) in [6, 6.07) is 5.83. The third kappa shape index (κ3) is 2.24. The molecule has 0 aliphatic carbocycles. The second kappa shape index (κ2) is 4.65. The molecule has 1 heterocycles. The van der Waals surface area contributed by atoms with Crippen LogP contribution in [0.5, 0.6) is 0 Å². The van der Waals surface area contributed by atoms with Crippen LogP contribution in [-0.2, 0) is 15.7 Å². The molecule has 0 saturated heterocycles. The Morgan fingerprint density at radius 1 is 1.50 bits per heavy atom. The first kappa shape index (κ1) is 11.1. The van der Waals surface area contributed by atoms with Crippen LogP contribution < -0.4 is 4.72 Å². The maximum absolute atomic E-state index is 11.3. The molecule has 86 valence electrons. The first-order valence-corrected chi connectivity index (χ1v) is 6.61. The zero-order valence-corrected chi connectivity index (χ0v) is 10.1. The third-order valence-corrected chi connectivity index (χ3v) is 2.83. The van der Waals surface area contributed by atoms with E-state index in [9.17, 15) is 4.21 Å². The van der Waals surface area contributed by atoms with Crippen LogP contribution in [0.1, 0.15) is 11.1 Å². The van der Waals surface area contributed by atoms with Crippen molar-refractivity contribution in [1.29, 1.82) is 0 Å². The van der Waals surface area contributed by atoms with Crippen LogP contribution in [-0.4, -0.2) is 29.5 Å². The molecule has 1 aromatic rings. The minimum Gasteiger partial charge on any atom is -0.475 e. The zero-order chi connectivity index (χ0) is 11.5. The SMILES string of the molecule is Cc1cccc(C2=NCCO2)c1NS(C)=O. The highest BCUT2D eigenvalue weighted by molar-refractivity contribution is 7.85. The average molecular weight is 238 g/mol. The predicted molar refractivity (Wildman–Crippen MR) is 66.2 cm³/mol. The molecule has 0 radical (unpaired) electrons. The van der Waals surface area contributed by atoms with Gasteiger partial charge < -0.3 is 9.46 Å². The van der Waals surface area contributed by atoms with E-state index in [0.29, 0.717) is 19.0 Å². The number of rotatable bonds is 3. The zero-order valence-electron chi connectivity index (χ0n) is 9.32. The van der Waals surface area contributed by atoms with Gasteiger partial charge >= 0.3 is 0 Å². The molecule has 1 aliphatic heterocycles. The molecule has 0 fully saturated rings. The molecule has 1 unspecified atom stereocenters. The second-order valence-electron chi connectivity index (χ2n) is 3.59. The predicted octanol–water partition coefficient (Wildman–Crippen LogP) is 1.48. The van der Waals surface area contributed by atoms with Gasteiger partial charge in [0.2, 0.25) is 5.90 Å². The topological polar surface area (TPSA) is 50.7 Å². The van der Waals surface area contributed by atoms with Gasteiger partial charge in [0.05, 0.1) is 17.8 Å². The summed E-state index contributed by atoms with van der Waals surface area (Å²) in [7, 11) is -1.10. The molecule has 1 atom stereocenters. The van der Waals surface area contributed by atoms with Crippen molar-refractivity contribution in [2.45, 2.75) is 6.92 Å². The Kier molecular flexibility index (Phi) is 3.24. The molecular weight excluding hydrogens is 224 g/mol. The van der Waals surface area contributed by atoms with Gasteiger partial charge in [0.15, 0.2) is 0 Å². The Morgan fingerprint density at radius 3 is 2.94 bits per heavy atom. The summed E-state index contributed by atoms with van der Waals surface area (Å²) >= 11 is 0. The van der Waals surface area contributed by atoms with E-state index in [0.717, 1.165) is 16.8 Å². The monoisotopic (exact) mass is 238 g/mol. The number of nitrogens with zero attached hydrogens (tertiary/aromatic N) is 1. The molecule has 16 heavy (non-hydrogen) atoms. The Hall–Kier alpha value is -1.36. The number of hydrogen-bond acceptors (Lipinski definition) is 3. The van der Waals surface area contributed by atoms with E-state index < -0.39 is 11.0 Å². The Balaban J connectivity index is 2.43. The van der Waals surface area contributed by atoms with Gasteiger partial charge in [-0.1, -0.05) is 12.1 Å². The fraction of sp³-hybridized carbons (Fsp3) is 0.364. The minimum absolute atomic E-state index is 0.623. The highest BCUT2D eigenvalue weighted by Gasteiger charge is 2.16. The lowest BCUT2D eigenvalue weighted by Gasteiger charge is -2.12. The number of anilines is 1. The summed E-state index contributed by atoms with van der Waals surface area (Å²) in [5, 5.41) is 0. The Bertz CT molecular complexity index is 457. The third-order valence-electron chi connectivity index (χ3n) is 2.33. The molecule has 0 spiro atoms. The number of ether oxygens (including phenoxy) is 1. The number of nitrogens with one attached hydrogen (secondary N) is 1. The largest absolute Gasteiger partial charge is 0.475 e. The van der Waals surface area contributed by atoms with Crippen molar-refractivity contribution in [1.82, 2.24) is 0 Å². The molecule has 1 N–H and O–H groups in total. The van der Waals surface area contributed by atoms with Gasteiger partial charge in [0.25, 0.3) is 0 Å². The van der Waals surface area contributed by atoms with Gasteiger partial charge in [-0.3, -0.25) is 0 Å². The number of aryl methyl sites for hydroxylation is 1. The maximum atomic E-state index is 11.3. The van der Waals surface area contributed by atoms with Crippen molar-refractivity contribution in [3.05, 3.63) is 29.3 Å². The van der Waals surface area contributed by atoms with Crippen molar-refractivity contribution < 1.29 is 8.95 Å². The lowest BCUT2D eigenvalue weighted by Crippen LogP contribution is -2.10. The van der Waals surface area contributed by atoms with Gasteiger partial charge in [0.1, 0.15) is 17.6 Å². The Labute approximate surface area is 97.3 Å². The molecule has 0 aromatic heterocycles. The summed E-state index contributed by atoms with van der Waals surface area (Å²) < 4.78 is 19.6. The van der Waals surface area contributed by atoms with Crippen LogP contribution in [0.25, 0.3) is 0 Å². The van der Waals surface area contributed by atoms with Crippen molar-refractivity contribution in [3.8, 4) is 0 Å². The molecule has 0 saturated carbocycles. The average Bonchev–Trinajstić information content (AvgIpc) is 2.73. The van der Waals surface area contributed by atoms with E-state index in [2.05, 4.69) is 9.71 Å². The fourth-order valence-electron chi connectivity index (χ4n) is 1.62. The summed E-state index contributed by atoms with van der Waals surface area (Å²) in [6.45, 7) is 3.28. The highest BCUT2D eigenvalue weighted by Crippen LogP contribution is 2.23. The molecular formula is C11H14N2O2S. The lowest BCUT2D eigenvalue weighted by molar-refractivity contribution is 0.348. The minimum atomic E-state index is -1.10. The van der Waals surface area contributed by atoms with Crippen LogP contribution >= 0.6 is 0 Å². The van der Waals surface area contributed by atoms with E-state index in [1.54, 1.807) is 6.26 Å². The van der Waals surface area contributed by atoms with Gasteiger partial charge in [-0.25, -0.2) is 9.20 Å². The second-order valence-corrected chi connectivity index (χ2v) is 4.70. The normalized spacial score (nSPS) is 16.5. The fourth-order valence-corrected chi connectivity index (χ4v) is 2.18. The van der Waals surface area contributed by atoms with Crippen molar-refractivity contribution >= 4 is 22.6 Å². The van der Waals surface area contributed by atoms with Crippen molar-refractivity contribution in [2.75, 3.05) is 24.1 Å². The molecule has 4 nitrogen and oxygen atoms in total. The van der Waals surface area contributed by atoms with Gasteiger partial charge in [-0.15, -0.1) is 0 Å². The van der Waals surface area contributed by atoms with E-state index in [-0.39, 0.29) is 0 Å². The van der Waals surface area contributed by atoms with E-state index in [1.165, 1.54) is 0 Å². The first-order valence-electron chi connectivity index (χ1n) is 5.06. The smallest absolute Gasteiger partial charge is 0.218 e. The summed E-state index contributed by atoms with van der Waals surface area (Å²) in [6.07, 6.45) is 1.60. The van der Waals surface area contributed by atoms with E-state index in [1.807, 2.05) is 25.1 Å². The van der Waals surface area contributed by atoms with Gasteiger partial charge in [0, 0.05) is 6.26 Å². The molecule has 1 aliphatic rings. The lowest BCUT2D eigenvalue weighted by atomic mass is 10.1. The number of para-hydroxylation sites is 1. The van der Waals surface area contributed by atoms with Crippen LogP contribution in [0.4, 0.5) is 5.69 Å². The molecule has 2 rings (SSSR count). The quantitative estimate of drug-likeness (QED) is 0.867. The van der Waals surface area contributed by atoms with Gasteiger partial charge in [-0.2, -0.15) is 0 Å². The van der Waals surface area contributed by atoms with Crippen LogP contribution in [0.3, 0.4) is 0 Å². The van der Waals surface area contributed by atoms with E-state index in [4.69, 9.17) is 4.74 Å². The Morgan fingerprint density at radius 2 is 2.31 bits per heavy atom. The van der Waals surface area contributed by atoms with Crippen LogP contribution in [0, 0.1) is 6.92 Å². The van der Waals surface area contributed by atoms with Crippen molar-refractivity contribution in [3.63, 3.8) is 0 Å². The van der Waals surface area contributed by atoms with Gasteiger partial charge in [-0.05, 0) is 18.6 Å². The molecule has 0 bridgehead atoms. The highest BCUT2D eigenvalue weighted by atomic mass is 32.2. The van der Waals surface area contributed by atoms with Crippen LogP contribution in [0.2, 0.25) is 0 Å². The van der Waals surface area contributed by atoms with Crippen molar-refractivity contribution in [2.24, 2.45) is 4.99 Å². The summed E-state index contributed by atoms with van der Waals surface area (Å²) in [4.78, 5) is 4.27. The number of aliphatic imine (C=N–C) groups is 1. The number of benzene rings is 1. The molecule has 0 amide bonds. The van der Waals surface area contributed by atoms with E-state index >= 15 is 0 Å². The summed E-state index contributed by atoms with van der Waals surface area (Å²) in [5.41, 5.74) is 2.75. The molecule has 5 heteroatoms. The maximum Gasteiger partial charge on any atom is 0.218 e. The standard InChI is InChI=1S/C11H14N2O2S/c1-8-4-3-5-9(10(8)13-16(2)14)11-12-6-7-15-11/h3-5,13H,6-7H2,1-2H3. The first-order chi connectivity index (χ1) is 7.68. The summed E-state index contributed by atoms with van der Waals surface area (Å²) in [5.74, 6) is 0.636. The van der Waals surface area contributed by atoms with Crippen LogP contribution in [0.15, 0.2) is 23.2 Å².